The third-order valence-corrected chi connectivity index (χ3v) is 4.26. The molecular formula is C17H14F2N2O3S. The van der Waals surface area contributed by atoms with Crippen LogP contribution in [0.5, 0.6) is 0 Å². The van der Waals surface area contributed by atoms with E-state index in [1.165, 1.54) is 24.3 Å². The van der Waals surface area contributed by atoms with Gasteiger partial charge in [0.05, 0.1) is 17.3 Å². The number of aromatic nitrogens is 1. The number of aryl methyl sites for hydroxylation is 1. The van der Waals surface area contributed by atoms with E-state index in [1.807, 2.05) is 0 Å². The van der Waals surface area contributed by atoms with Crippen LogP contribution in [0.3, 0.4) is 0 Å². The van der Waals surface area contributed by atoms with E-state index in [-0.39, 0.29) is 5.56 Å². The van der Waals surface area contributed by atoms with E-state index in [1.54, 1.807) is 28.5 Å². The third kappa shape index (κ3) is 3.39. The van der Waals surface area contributed by atoms with Crippen molar-refractivity contribution in [2.45, 2.75) is 6.92 Å². The van der Waals surface area contributed by atoms with Crippen molar-refractivity contribution < 1.29 is 22.0 Å². The molecule has 3 rings (SSSR count). The van der Waals surface area contributed by atoms with Gasteiger partial charge in [-0.2, -0.15) is 0 Å². The molecule has 25 heavy (non-hydrogen) atoms. The summed E-state index contributed by atoms with van der Waals surface area (Å²) in [7, 11) is -3.81. The van der Waals surface area contributed by atoms with Gasteiger partial charge in [0, 0.05) is 17.3 Å². The lowest BCUT2D eigenvalue weighted by atomic mass is 10.1. The van der Waals surface area contributed by atoms with Crippen LogP contribution in [-0.2, 0) is 10.0 Å². The average molecular weight is 364 g/mol. The Kier molecular flexibility index (Phi) is 4.08. The Labute approximate surface area is 142 Å². The highest BCUT2D eigenvalue weighted by Crippen LogP contribution is 2.27. The zero-order chi connectivity index (χ0) is 18.4. The van der Waals surface area contributed by atoms with E-state index in [4.69, 9.17) is 0 Å². The van der Waals surface area contributed by atoms with Gasteiger partial charge in [-0.1, -0.05) is 6.07 Å². The van der Waals surface area contributed by atoms with E-state index in [0.29, 0.717) is 16.6 Å². The number of nitrogens with one attached hydrogen (secondary N) is 1. The Balaban J connectivity index is 2.17. The maximum Gasteiger partial charge on any atom is 0.267 e. The first kappa shape index (κ1) is 17.1. The molecule has 0 fully saturated rings. The van der Waals surface area contributed by atoms with Gasteiger partial charge in [0.2, 0.25) is 10.0 Å². The minimum absolute atomic E-state index is 0.377. The van der Waals surface area contributed by atoms with Gasteiger partial charge in [-0.3, -0.25) is 4.79 Å². The van der Waals surface area contributed by atoms with Crippen molar-refractivity contribution in [3.05, 3.63) is 65.4 Å². The van der Waals surface area contributed by atoms with Crippen LogP contribution in [0.15, 0.2) is 42.6 Å². The van der Waals surface area contributed by atoms with Crippen LogP contribution in [0.25, 0.3) is 16.6 Å². The maximum atomic E-state index is 14.4. The number of hydrogen-bond donors (Lipinski definition) is 1. The summed E-state index contributed by atoms with van der Waals surface area (Å²) in [5.41, 5.74) is 1.30. The molecule has 0 unspecified atom stereocenters. The van der Waals surface area contributed by atoms with Crippen molar-refractivity contribution in [3.8, 4) is 5.69 Å². The monoisotopic (exact) mass is 364 g/mol. The molecule has 0 aliphatic carbocycles. The molecule has 1 aromatic heterocycles. The van der Waals surface area contributed by atoms with Gasteiger partial charge >= 0.3 is 0 Å². The Bertz CT molecular complexity index is 1100. The Morgan fingerprint density at radius 1 is 1.16 bits per heavy atom. The first-order chi connectivity index (χ1) is 11.7. The van der Waals surface area contributed by atoms with Crippen molar-refractivity contribution in [1.82, 2.24) is 9.29 Å². The highest BCUT2D eigenvalue weighted by Gasteiger charge is 2.19. The summed E-state index contributed by atoms with van der Waals surface area (Å²) >= 11 is 0. The molecule has 0 saturated heterocycles. The molecule has 1 heterocycles. The molecule has 0 saturated carbocycles. The maximum absolute atomic E-state index is 14.4. The van der Waals surface area contributed by atoms with Crippen LogP contribution < -0.4 is 4.72 Å². The summed E-state index contributed by atoms with van der Waals surface area (Å²) in [5, 5.41) is 0.560. The number of hydrogen-bond acceptors (Lipinski definition) is 3. The van der Waals surface area contributed by atoms with Gasteiger partial charge in [-0.05, 0) is 42.8 Å². The lowest BCUT2D eigenvalue weighted by Gasteiger charge is -2.08. The van der Waals surface area contributed by atoms with Gasteiger partial charge < -0.3 is 4.57 Å². The standard InChI is InChI=1S/C17H14F2N2O3S/c1-10-9-21(12-5-3-4-11(18)6-12)16-8-15(19)14(7-13(10)16)17(22)20-25(2,23)24/h3-9H,1-2H3,(H,20,22). The predicted molar refractivity (Wildman–Crippen MR) is 90.2 cm³/mol. The van der Waals surface area contributed by atoms with E-state index in [0.717, 1.165) is 17.9 Å². The van der Waals surface area contributed by atoms with Crippen LogP contribution in [0.4, 0.5) is 8.78 Å². The van der Waals surface area contributed by atoms with Crippen molar-refractivity contribution >= 4 is 26.8 Å². The number of nitrogens with zero attached hydrogens (tertiary/aromatic N) is 1. The van der Waals surface area contributed by atoms with Gasteiger partial charge in [-0.15, -0.1) is 0 Å². The van der Waals surface area contributed by atoms with Crippen molar-refractivity contribution in [3.63, 3.8) is 0 Å². The topological polar surface area (TPSA) is 68.2 Å². The van der Waals surface area contributed by atoms with Gasteiger partial charge in [0.1, 0.15) is 11.6 Å². The number of halogens is 2. The number of benzene rings is 2. The van der Waals surface area contributed by atoms with Crippen molar-refractivity contribution in [2.75, 3.05) is 6.26 Å². The van der Waals surface area contributed by atoms with Crippen LogP contribution in [0.2, 0.25) is 0 Å². The molecule has 1 amide bonds. The molecule has 0 spiro atoms. The second kappa shape index (κ2) is 5.96. The van der Waals surface area contributed by atoms with E-state index in [2.05, 4.69) is 0 Å². The molecule has 5 nitrogen and oxygen atoms in total. The number of fused-ring (bicyclic) bond motifs is 1. The minimum Gasteiger partial charge on any atom is -0.316 e. The second-order valence-electron chi connectivity index (χ2n) is 5.71. The molecular weight excluding hydrogens is 350 g/mol. The molecule has 130 valence electrons. The smallest absolute Gasteiger partial charge is 0.267 e. The number of carbonyl (C=O) groups is 1. The summed E-state index contributed by atoms with van der Waals surface area (Å²) in [6.07, 6.45) is 2.50. The second-order valence-corrected chi connectivity index (χ2v) is 7.46. The molecule has 0 bridgehead atoms. The minimum atomic E-state index is -3.81. The molecule has 0 aliphatic heterocycles. The Hall–Kier alpha value is -2.74. The SMILES string of the molecule is Cc1cn(-c2cccc(F)c2)c2cc(F)c(C(=O)NS(C)(=O)=O)cc12. The number of sulfonamides is 1. The van der Waals surface area contributed by atoms with Crippen LogP contribution in [-0.4, -0.2) is 25.1 Å². The molecule has 8 heteroatoms. The molecule has 0 atom stereocenters. The molecule has 2 aromatic carbocycles. The lowest BCUT2D eigenvalue weighted by Crippen LogP contribution is -2.30. The molecule has 0 aliphatic rings. The first-order valence-corrected chi connectivity index (χ1v) is 9.14. The van der Waals surface area contributed by atoms with Crippen LogP contribution in [0, 0.1) is 18.6 Å². The van der Waals surface area contributed by atoms with Crippen molar-refractivity contribution in [1.29, 1.82) is 0 Å². The molecule has 0 radical (unpaired) electrons. The number of rotatable bonds is 3. The largest absolute Gasteiger partial charge is 0.316 e. The van der Waals surface area contributed by atoms with Gasteiger partial charge in [0.25, 0.3) is 5.91 Å². The fraction of sp³-hybridized carbons (Fsp3) is 0.118. The summed E-state index contributed by atoms with van der Waals surface area (Å²) in [6, 6.07) is 8.23. The van der Waals surface area contributed by atoms with E-state index >= 15 is 0 Å². The summed E-state index contributed by atoms with van der Waals surface area (Å²) in [5.74, 6) is -2.34. The fourth-order valence-electron chi connectivity index (χ4n) is 2.65. The predicted octanol–water partition coefficient (Wildman–Crippen LogP) is 2.91. The summed E-state index contributed by atoms with van der Waals surface area (Å²) in [4.78, 5) is 12.0. The van der Waals surface area contributed by atoms with Gasteiger partial charge in [0.15, 0.2) is 0 Å². The summed E-state index contributed by atoms with van der Waals surface area (Å²) < 4.78 is 53.6. The quantitative estimate of drug-likeness (QED) is 0.777. The first-order valence-electron chi connectivity index (χ1n) is 7.25. The van der Waals surface area contributed by atoms with Gasteiger partial charge in [-0.25, -0.2) is 21.9 Å². The van der Waals surface area contributed by atoms with E-state index in [9.17, 15) is 22.0 Å². The summed E-state index contributed by atoms with van der Waals surface area (Å²) in [6.45, 7) is 1.76. The molecule has 1 N–H and O–H groups in total. The van der Waals surface area contributed by atoms with Crippen molar-refractivity contribution in [2.24, 2.45) is 0 Å². The Morgan fingerprint density at radius 2 is 1.88 bits per heavy atom. The average Bonchev–Trinajstić information content (AvgIpc) is 2.81. The Morgan fingerprint density at radius 3 is 2.52 bits per heavy atom. The number of amides is 1. The fourth-order valence-corrected chi connectivity index (χ4v) is 3.09. The van der Waals surface area contributed by atoms with Crippen LogP contribution >= 0.6 is 0 Å². The molecule has 3 aromatic rings. The zero-order valence-electron chi connectivity index (χ0n) is 13.4. The van der Waals surface area contributed by atoms with Crippen LogP contribution in [0.1, 0.15) is 15.9 Å². The van der Waals surface area contributed by atoms with E-state index < -0.39 is 27.6 Å². The zero-order valence-corrected chi connectivity index (χ0v) is 14.2. The highest BCUT2D eigenvalue weighted by atomic mass is 32.2. The lowest BCUT2D eigenvalue weighted by molar-refractivity contribution is 0.0978. The number of carbonyl (C=O) groups excluding carboxylic acids is 1. The normalized spacial score (nSPS) is 11.7. The third-order valence-electron chi connectivity index (χ3n) is 3.70. The highest BCUT2D eigenvalue weighted by molar-refractivity contribution is 7.89.